The molecule has 0 unspecified atom stereocenters. The van der Waals surface area contributed by atoms with E-state index in [0.29, 0.717) is 38.6 Å². The fraction of sp³-hybridized carbons (Fsp3) is 0.348. The van der Waals surface area contributed by atoms with Crippen molar-refractivity contribution in [1.29, 1.82) is 0 Å². The number of anilines is 3. The summed E-state index contributed by atoms with van der Waals surface area (Å²) in [6.45, 7) is 4.91. The number of amides is 2. The Morgan fingerprint density at radius 2 is 1.55 bits per heavy atom. The number of hydrogen-bond acceptors (Lipinski definition) is 6. The Morgan fingerprint density at radius 3 is 2.26 bits per heavy atom. The van der Waals surface area contributed by atoms with Crippen LogP contribution >= 0.6 is 0 Å². The van der Waals surface area contributed by atoms with Gasteiger partial charge in [0.2, 0.25) is 0 Å². The molecular formula is C23H27N3O5. The highest BCUT2D eigenvalue weighted by molar-refractivity contribution is 6.44. The van der Waals surface area contributed by atoms with Gasteiger partial charge >= 0.3 is 17.8 Å². The highest BCUT2D eigenvalue weighted by Crippen LogP contribution is 2.26. The lowest BCUT2D eigenvalue weighted by molar-refractivity contribution is -0.132. The van der Waals surface area contributed by atoms with Crippen LogP contribution in [0.2, 0.25) is 0 Å². The molecule has 2 aromatic carbocycles. The van der Waals surface area contributed by atoms with Gasteiger partial charge in [-0.1, -0.05) is 37.6 Å². The summed E-state index contributed by atoms with van der Waals surface area (Å²) in [6.07, 6.45) is 1.66. The van der Waals surface area contributed by atoms with Crippen LogP contribution in [0.15, 0.2) is 48.5 Å². The molecule has 0 radical (unpaired) electrons. The maximum Gasteiger partial charge on any atom is 0.340 e. The second-order valence-electron chi connectivity index (χ2n) is 7.06. The number of benzene rings is 2. The predicted octanol–water partition coefficient (Wildman–Crippen LogP) is 3.06. The molecule has 0 aromatic heterocycles. The van der Waals surface area contributed by atoms with E-state index in [2.05, 4.69) is 15.5 Å². The van der Waals surface area contributed by atoms with Gasteiger partial charge < -0.3 is 25.0 Å². The van der Waals surface area contributed by atoms with Gasteiger partial charge in [-0.15, -0.1) is 0 Å². The number of para-hydroxylation sites is 3. The summed E-state index contributed by atoms with van der Waals surface area (Å²) in [7, 11) is 0. The summed E-state index contributed by atoms with van der Waals surface area (Å²) in [4.78, 5) is 39.5. The molecule has 2 N–H and O–H groups in total. The molecular weight excluding hydrogens is 398 g/mol. The molecule has 8 heteroatoms. The first-order valence-corrected chi connectivity index (χ1v) is 10.4. The van der Waals surface area contributed by atoms with Crippen LogP contribution in [0.25, 0.3) is 0 Å². The Kier molecular flexibility index (Phi) is 8.00. The summed E-state index contributed by atoms with van der Waals surface area (Å²) in [5, 5.41) is 5.18. The van der Waals surface area contributed by atoms with Crippen LogP contribution in [0.3, 0.4) is 0 Å². The van der Waals surface area contributed by atoms with Crippen molar-refractivity contribution in [2.75, 3.05) is 48.4 Å². The Bertz CT molecular complexity index is 925. The normalized spacial score (nSPS) is 13.4. The molecule has 164 valence electrons. The molecule has 0 bridgehead atoms. The van der Waals surface area contributed by atoms with Crippen molar-refractivity contribution < 1.29 is 23.9 Å². The molecule has 1 fully saturated rings. The Labute approximate surface area is 181 Å². The largest absolute Gasteiger partial charge is 0.462 e. The van der Waals surface area contributed by atoms with E-state index in [1.807, 2.05) is 19.1 Å². The van der Waals surface area contributed by atoms with Gasteiger partial charge in [0.1, 0.15) is 0 Å². The van der Waals surface area contributed by atoms with Gasteiger partial charge in [-0.05, 0) is 30.7 Å². The third-order valence-electron chi connectivity index (χ3n) is 4.84. The van der Waals surface area contributed by atoms with Crippen molar-refractivity contribution in [3.05, 3.63) is 54.1 Å². The number of nitrogens with one attached hydrogen (secondary N) is 2. The molecule has 31 heavy (non-hydrogen) atoms. The zero-order valence-corrected chi connectivity index (χ0v) is 17.6. The van der Waals surface area contributed by atoms with E-state index in [0.717, 1.165) is 18.5 Å². The molecule has 0 atom stereocenters. The molecule has 1 saturated heterocycles. The first-order chi connectivity index (χ1) is 15.1. The monoisotopic (exact) mass is 425 g/mol. The Hall–Kier alpha value is -3.39. The smallest absolute Gasteiger partial charge is 0.340 e. The lowest BCUT2D eigenvalue weighted by atomic mass is 10.1. The maximum atomic E-state index is 12.6. The van der Waals surface area contributed by atoms with Crippen LogP contribution in [-0.4, -0.2) is 50.7 Å². The van der Waals surface area contributed by atoms with E-state index < -0.39 is 17.8 Å². The number of unbranched alkanes of at least 4 members (excludes halogenated alkanes) is 1. The predicted molar refractivity (Wildman–Crippen MR) is 118 cm³/mol. The van der Waals surface area contributed by atoms with E-state index in [1.54, 1.807) is 36.4 Å². The van der Waals surface area contributed by atoms with Gasteiger partial charge in [0.05, 0.1) is 42.4 Å². The van der Waals surface area contributed by atoms with Crippen molar-refractivity contribution in [3.8, 4) is 0 Å². The minimum absolute atomic E-state index is 0.202. The number of carbonyl (C=O) groups excluding carboxylic acids is 3. The topological polar surface area (TPSA) is 97.0 Å². The molecule has 0 aliphatic carbocycles. The second-order valence-corrected chi connectivity index (χ2v) is 7.06. The lowest BCUT2D eigenvalue weighted by Gasteiger charge is -2.30. The van der Waals surface area contributed by atoms with Crippen LogP contribution < -0.4 is 15.5 Å². The fourth-order valence-corrected chi connectivity index (χ4v) is 3.17. The standard InChI is InChI=1S/C23H27N3O5/c1-2-3-14-31-23(29)17-8-4-5-9-18(17)24-21(27)22(28)25-19-10-6-7-11-20(19)26-12-15-30-16-13-26/h4-11H,2-3,12-16H2,1H3,(H,24,27)(H,25,28). The zero-order chi connectivity index (χ0) is 22.1. The molecule has 2 amide bonds. The van der Waals surface area contributed by atoms with Crippen LogP contribution in [0.1, 0.15) is 30.1 Å². The lowest BCUT2D eigenvalue weighted by Crippen LogP contribution is -2.37. The van der Waals surface area contributed by atoms with Crippen molar-refractivity contribution in [2.24, 2.45) is 0 Å². The van der Waals surface area contributed by atoms with E-state index in [4.69, 9.17) is 9.47 Å². The molecule has 3 rings (SSSR count). The van der Waals surface area contributed by atoms with Crippen molar-refractivity contribution in [2.45, 2.75) is 19.8 Å². The average molecular weight is 425 g/mol. The molecule has 8 nitrogen and oxygen atoms in total. The summed E-state index contributed by atoms with van der Waals surface area (Å²) >= 11 is 0. The number of morpholine rings is 1. The number of nitrogens with zero attached hydrogens (tertiary/aromatic N) is 1. The van der Waals surface area contributed by atoms with Crippen LogP contribution in [0.5, 0.6) is 0 Å². The third-order valence-corrected chi connectivity index (χ3v) is 4.84. The van der Waals surface area contributed by atoms with Crippen LogP contribution in [0.4, 0.5) is 17.1 Å². The summed E-state index contributed by atoms with van der Waals surface area (Å²) in [5.74, 6) is -2.23. The van der Waals surface area contributed by atoms with Gasteiger partial charge in [-0.25, -0.2) is 4.79 Å². The van der Waals surface area contributed by atoms with Crippen molar-refractivity contribution in [1.82, 2.24) is 0 Å². The molecule has 2 aromatic rings. The average Bonchev–Trinajstić information content (AvgIpc) is 2.80. The maximum absolute atomic E-state index is 12.6. The van der Waals surface area contributed by atoms with Crippen LogP contribution in [0, 0.1) is 0 Å². The quantitative estimate of drug-likeness (QED) is 0.402. The Morgan fingerprint density at radius 1 is 0.935 bits per heavy atom. The highest BCUT2D eigenvalue weighted by atomic mass is 16.5. The van der Waals surface area contributed by atoms with Crippen molar-refractivity contribution >= 4 is 34.8 Å². The first kappa shape index (κ1) is 22.3. The molecule has 0 saturated carbocycles. The number of carbonyl (C=O) groups is 3. The number of ether oxygens (including phenoxy) is 2. The number of hydrogen-bond donors (Lipinski definition) is 2. The molecule has 1 aliphatic heterocycles. The van der Waals surface area contributed by atoms with Gasteiger partial charge in [0, 0.05) is 13.1 Å². The summed E-state index contributed by atoms with van der Waals surface area (Å²) < 4.78 is 10.6. The Balaban J connectivity index is 1.67. The van der Waals surface area contributed by atoms with Crippen molar-refractivity contribution in [3.63, 3.8) is 0 Å². The highest BCUT2D eigenvalue weighted by Gasteiger charge is 2.21. The fourth-order valence-electron chi connectivity index (χ4n) is 3.17. The number of rotatable bonds is 7. The zero-order valence-electron chi connectivity index (χ0n) is 17.6. The van der Waals surface area contributed by atoms with E-state index in [1.165, 1.54) is 0 Å². The van der Waals surface area contributed by atoms with Gasteiger partial charge in [0.15, 0.2) is 0 Å². The number of esters is 1. The third kappa shape index (κ3) is 6.05. The summed E-state index contributed by atoms with van der Waals surface area (Å²) in [5.41, 5.74) is 1.79. The van der Waals surface area contributed by atoms with E-state index in [9.17, 15) is 14.4 Å². The first-order valence-electron chi connectivity index (χ1n) is 10.4. The molecule has 1 aliphatic rings. The second kappa shape index (κ2) is 11.1. The minimum Gasteiger partial charge on any atom is -0.462 e. The van der Waals surface area contributed by atoms with Gasteiger partial charge in [-0.3, -0.25) is 9.59 Å². The van der Waals surface area contributed by atoms with Gasteiger partial charge in [0.25, 0.3) is 0 Å². The van der Waals surface area contributed by atoms with Crippen LogP contribution in [-0.2, 0) is 19.1 Å². The molecule has 1 heterocycles. The summed E-state index contributed by atoms with van der Waals surface area (Å²) in [6, 6.07) is 13.8. The van der Waals surface area contributed by atoms with Gasteiger partial charge in [-0.2, -0.15) is 0 Å². The van der Waals surface area contributed by atoms with E-state index in [-0.39, 0.29) is 11.3 Å². The minimum atomic E-state index is -0.870. The molecule has 0 spiro atoms. The van der Waals surface area contributed by atoms with E-state index >= 15 is 0 Å². The SMILES string of the molecule is CCCCOC(=O)c1ccccc1NC(=O)C(=O)Nc1ccccc1N1CCOCC1.